The number of alkyl halides is 3. The van der Waals surface area contributed by atoms with Crippen molar-refractivity contribution in [2.75, 3.05) is 18.5 Å². The molecule has 118 valence electrons. The van der Waals surface area contributed by atoms with Crippen LogP contribution in [0.3, 0.4) is 0 Å². The highest BCUT2D eigenvalue weighted by Crippen LogP contribution is 2.35. The van der Waals surface area contributed by atoms with Crippen LogP contribution in [0, 0.1) is 0 Å². The van der Waals surface area contributed by atoms with Gasteiger partial charge in [0.1, 0.15) is 0 Å². The molecule has 0 atom stereocenters. The second-order valence-electron chi connectivity index (χ2n) is 5.06. The van der Waals surface area contributed by atoms with Crippen LogP contribution in [0.5, 0.6) is 0 Å². The first-order valence-electron chi connectivity index (χ1n) is 6.56. The molecule has 0 aliphatic carbocycles. The predicted octanol–water partition coefficient (Wildman–Crippen LogP) is 2.12. The normalized spacial score (nSPS) is 11.8. The van der Waals surface area contributed by atoms with Crippen LogP contribution >= 0.6 is 0 Å². The molecule has 0 aliphatic heterocycles. The number of amides is 1. The van der Waals surface area contributed by atoms with E-state index in [4.69, 9.17) is 5.73 Å². The molecular formula is C14H20F3N3O. The Kier molecular flexibility index (Phi) is 5.60. The molecule has 7 heteroatoms. The minimum Gasteiger partial charge on any atom is -0.368 e. The first-order valence-corrected chi connectivity index (χ1v) is 6.56. The van der Waals surface area contributed by atoms with E-state index in [1.165, 1.54) is 6.07 Å². The summed E-state index contributed by atoms with van der Waals surface area (Å²) in [6.07, 6.45) is -4.45. The zero-order valence-electron chi connectivity index (χ0n) is 12.3. The van der Waals surface area contributed by atoms with Crippen molar-refractivity contribution >= 4 is 11.6 Å². The molecule has 0 spiro atoms. The van der Waals surface area contributed by atoms with Crippen LogP contribution in [0.15, 0.2) is 18.2 Å². The van der Waals surface area contributed by atoms with E-state index in [-0.39, 0.29) is 24.7 Å². The van der Waals surface area contributed by atoms with Gasteiger partial charge < -0.3 is 16.0 Å². The maximum atomic E-state index is 13.1. The van der Waals surface area contributed by atoms with Crippen molar-refractivity contribution in [1.29, 1.82) is 0 Å². The van der Waals surface area contributed by atoms with Crippen LogP contribution < -0.4 is 16.0 Å². The number of benzene rings is 1. The molecule has 1 aromatic carbocycles. The molecule has 1 rings (SSSR count). The quantitative estimate of drug-likeness (QED) is 0.846. The zero-order valence-corrected chi connectivity index (χ0v) is 12.3. The molecule has 0 saturated carbocycles. The number of nitrogens with two attached hydrogens (primary N) is 1. The standard InChI is InChI=1S/C14H20F3N3O/c1-9(2)20(8-13(18)21)11-5-4-10(7-19-3)12(6-11)14(15,16)17/h4-6,9,19H,7-8H2,1-3H3,(H2,18,21). The highest BCUT2D eigenvalue weighted by atomic mass is 19.4. The summed E-state index contributed by atoms with van der Waals surface area (Å²) in [7, 11) is 1.58. The first kappa shape index (κ1) is 17.3. The number of nitrogens with one attached hydrogen (secondary N) is 1. The molecule has 0 aliphatic rings. The van der Waals surface area contributed by atoms with Gasteiger partial charge in [0.2, 0.25) is 5.91 Å². The summed E-state index contributed by atoms with van der Waals surface area (Å²) >= 11 is 0. The van der Waals surface area contributed by atoms with E-state index in [1.807, 2.05) is 0 Å². The number of carbonyl (C=O) groups is 1. The molecule has 0 aromatic heterocycles. The molecule has 0 unspecified atom stereocenters. The Morgan fingerprint density at radius 1 is 1.38 bits per heavy atom. The number of anilines is 1. The Labute approximate surface area is 122 Å². The van der Waals surface area contributed by atoms with Crippen molar-refractivity contribution in [3.05, 3.63) is 29.3 Å². The highest BCUT2D eigenvalue weighted by molar-refractivity contribution is 5.79. The van der Waals surface area contributed by atoms with E-state index in [0.717, 1.165) is 6.07 Å². The number of hydrogen-bond acceptors (Lipinski definition) is 3. The minimum atomic E-state index is -4.45. The van der Waals surface area contributed by atoms with Gasteiger partial charge in [0.05, 0.1) is 12.1 Å². The van der Waals surface area contributed by atoms with Crippen molar-refractivity contribution in [3.8, 4) is 0 Å². The lowest BCUT2D eigenvalue weighted by molar-refractivity contribution is -0.138. The fraction of sp³-hybridized carbons (Fsp3) is 0.500. The first-order chi connectivity index (χ1) is 9.66. The van der Waals surface area contributed by atoms with Crippen molar-refractivity contribution in [2.24, 2.45) is 5.73 Å². The third kappa shape index (κ3) is 4.63. The molecule has 1 amide bonds. The van der Waals surface area contributed by atoms with Gasteiger partial charge in [-0.15, -0.1) is 0 Å². The van der Waals surface area contributed by atoms with E-state index in [0.29, 0.717) is 5.69 Å². The summed E-state index contributed by atoms with van der Waals surface area (Å²) in [5.41, 5.74) is 4.95. The molecule has 0 radical (unpaired) electrons. The lowest BCUT2D eigenvalue weighted by Crippen LogP contribution is -2.38. The van der Waals surface area contributed by atoms with E-state index >= 15 is 0 Å². The number of nitrogens with zero attached hydrogens (tertiary/aromatic N) is 1. The van der Waals surface area contributed by atoms with Crippen LogP contribution in [0.1, 0.15) is 25.0 Å². The smallest absolute Gasteiger partial charge is 0.368 e. The van der Waals surface area contributed by atoms with Gasteiger partial charge in [0.25, 0.3) is 0 Å². The summed E-state index contributed by atoms with van der Waals surface area (Å²) < 4.78 is 39.4. The van der Waals surface area contributed by atoms with E-state index in [9.17, 15) is 18.0 Å². The van der Waals surface area contributed by atoms with Crippen molar-refractivity contribution in [3.63, 3.8) is 0 Å². The number of halogens is 3. The minimum absolute atomic E-state index is 0.118. The molecule has 21 heavy (non-hydrogen) atoms. The number of rotatable bonds is 6. The molecule has 0 bridgehead atoms. The summed E-state index contributed by atoms with van der Waals surface area (Å²) in [5, 5.41) is 2.71. The van der Waals surface area contributed by atoms with Gasteiger partial charge in [-0.3, -0.25) is 4.79 Å². The van der Waals surface area contributed by atoms with Gasteiger partial charge in [0.15, 0.2) is 0 Å². The maximum Gasteiger partial charge on any atom is 0.416 e. The number of carbonyl (C=O) groups excluding carboxylic acids is 1. The Bertz CT molecular complexity index is 501. The molecular weight excluding hydrogens is 283 g/mol. The molecule has 0 fully saturated rings. The maximum absolute atomic E-state index is 13.1. The van der Waals surface area contributed by atoms with Gasteiger partial charge in [0, 0.05) is 18.3 Å². The third-order valence-electron chi connectivity index (χ3n) is 3.05. The zero-order chi connectivity index (χ0) is 16.2. The number of hydrogen-bond donors (Lipinski definition) is 2. The lowest BCUT2D eigenvalue weighted by Gasteiger charge is -2.28. The lowest BCUT2D eigenvalue weighted by atomic mass is 10.0. The van der Waals surface area contributed by atoms with Crippen molar-refractivity contribution < 1.29 is 18.0 Å². The Hall–Kier alpha value is -1.76. The molecule has 3 N–H and O–H groups in total. The summed E-state index contributed by atoms with van der Waals surface area (Å²) in [6.45, 7) is 3.57. The van der Waals surface area contributed by atoms with E-state index in [1.54, 1.807) is 31.9 Å². The third-order valence-corrected chi connectivity index (χ3v) is 3.05. The van der Waals surface area contributed by atoms with Gasteiger partial charge in [-0.05, 0) is 38.6 Å². The Morgan fingerprint density at radius 3 is 2.43 bits per heavy atom. The van der Waals surface area contributed by atoms with Gasteiger partial charge in [-0.25, -0.2) is 0 Å². The van der Waals surface area contributed by atoms with Crippen LogP contribution in [0.25, 0.3) is 0 Å². The van der Waals surface area contributed by atoms with Gasteiger partial charge >= 0.3 is 6.18 Å². The van der Waals surface area contributed by atoms with Gasteiger partial charge in [-0.1, -0.05) is 6.07 Å². The molecule has 0 heterocycles. The summed E-state index contributed by atoms with van der Waals surface area (Å²) in [6, 6.07) is 3.92. The monoisotopic (exact) mass is 303 g/mol. The average Bonchev–Trinajstić information content (AvgIpc) is 2.35. The van der Waals surface area contributed by atoms with Crippen LogP contribution in [0.4, 0.5) is 18.9 Å². The van der Waals surface area contributed by atoms with E-state index in [2.05, 4.69) is 5.32 Å². The predicted molar refractivity (Wildman–Crippen MR) is 75.9 cm³/mol. The summed E-state index contributed by atoms with van der Waals surface area (Å²) in [5.74, 6) is -0.587. The highest BCUT2D eigenvalue weighted by Gasteiger charge is 2.34. The molecule has 0 saturated heterocycles. The SMILES string of the molecule is CNCc1ccc(N(CC(N)=O)C(C)C)cc1C(F)(F)F. The fourth-order valence-electron chi connectivity index (χ4n) is 2.09. The fourth-order valence-corrected chi connectivity index (χ4v) is 2.09. The number of primary amides is 1. The van der Waals surface area contributed by atoms with Crippen molar-refractivity contribution in [2.45, 2.75) is 32.6 Å². The second-order valence-corrected chi connectivity index (χ2v) is 5.06. The van der Waals surface area contributed by atoms with Crippen LogP contribution in [-0.4, -0.2) is 25.5 Å². The Balaban J connectivity index is 3.28. The average molecular weight is 303 g/mol. The molecule has 1 aromatic rings. The molecule has 4 nitrogen and oxygen atoms in total. The van der Waals surface area contributed by atoms with Gasteiger partial charge in [-0.2, -0.15) is 13.2 Å². The summed E-state index contributed by atoms with van der Waals surface area (Å²) in [4.78, 5) is 12.6. The van der Waals surface area contributed by atoms with Crippen molar-refractivity contribution in [1.82, 2.24) is 5.32 Å². The topological polar surface area (TPSA) is 58.4 Å². The van der Waals surface area contributed by atoms with Crippen LogP contribution in [-0.2, 0) is 17.5 Å². The Morgan fingerprint density at radius 2 is 2.00 bits per heavy atom. The largest absolute Gasteiger partial charge is 0.416 e. The second kappa shape index (κ2) is 6.80. The van der Waals surface area contributed by atoms with Crippen LogP contribution in [0.2, 0.25) is 0 Å². The van der Waals surface area contributed by atoms with E-state index < -0.39 is 17.6 Å².